The number of likely N-dealkylation sites (tertiary alicyclic amines) is 1. The zero-order valence-electron chi connectivity index (χ0n) is 22.9. The van der Waals surface area contributed by atoms with Crippen LogP contribution in [-0.2, 0) is 4.79 Å². The maximum absolute atomic E-state index is 13.5. The summed E-state index contributed by atoms with van der Waals surface area (Å²) in [5.41, 5.74) is 3.06. The summed E-state index contributed by atoms with van der Waals surface area (Å²) in [6, 6.07) is 20.2. The van der Waals surface area contributed by atoms with Gasteiger partial charge in [-0.25, -0.2) is 0 Å². The number of aliphatic imine (C=N–C) groups is 1. The number of rotatable bonds is 7. The molecule has 11 heteroatoms. The van der Waals surface area contributed by atoms with E-state index in [9.17, 15) is 22.8 Å². The highest BCUT2D eigenvalue weighted by Crippen LogP contribution is 2.36. The molecule has 2 saturated heterocycles. The zero-order chi connectivity index (χ0) is 29.9. The first-order valence-corrected chi connectivity index (χ1v) is 13.4. The molecule has 2 amide bonds. The number of nitrogens with one attached hydrogen (secondary N) is 2. The minimum Gasteiger partial charge on any atom is -0.406 e. The van der Waals surface area contributed by atoms with Crippen molar-refractivity contribution in [3.05, 3.63) is 96.7 Å². The van der Waals surface area contributed by atoms with E-state index in [1.807, 2.05) is 30.3 Å². The van der Waals surface area contributed by atoms with Crippen LogP contribution in [0.25, 0.3) is 0 Å². The number of halogens is 3. The molecular weight excluding hydrogens is 547 g/mol. The molecule has 2 aliphatic rings. The van der Waals surface area contributed by atoms with Gasteiger partial charge < -0.3 is 25.2 Å². The van der Waals surface area contributed by atoms with Crippen molar-refractivity contribution < 1.29 is 27.5 Å². The normalized spacial score (nSPS) is 16.8. The van der Waals surface area contributed by atoms with Crippen LogP contribution in [0.2, 0.25) is 0 Å². The van der Waals surface area contributed by atoms with Gasteiger partial charge >= 0.3 is 6.36 Å². The van der Waals surface area contributed by atoms with Gasteiger partial charge in [0.05, 0.1) is 12.4 Å². The van der Waals surface area contributed by atoms with Crippen LogP contribution in [0.3, 0.4) is 0 Å². The molecule has 3 aromatic carbocycles. The van der Waals surface area contributed by atoms with Crippen LogP contribution in [0.5, 0.6) is 5.75 Å². The van der Waals surface area contributed by atoms with E-state index >= 15 is 0 Å². The van der Waals surface area contributed by atoms with E-state index in [1.54, 1.807) is 30.0 Å². The Balaban J connectivity index is 1.31. The second kappa shape index (κ2) is 11.6. The highest BCUT2D eigenvalue weighted by atomic mass is 19.4. The number of piperidine rings is 1. The summed E-state index contributed by atoms with van der Waals surface area (Å²) >= 11 is 0. The molecule has 218 valence electrons. The summed E-state index contributed by atoms with van der Waals surface area (Å²) in [6.07, 6.45) is -2.26. The van der Waals surface area contributed by atoms with Crippen LogP contribution < -0.4 is 20.3 Å². The Morgan fingerprint density at radius 2 is 1.76 bits per heavy atom. The number of carbonyl (C=O) groups excluding carboxylic acids is 2. The highest BCUT2D eigenvalue weighted by molar-refractivity contribution is 6.06. The first-order valence-electron chi connectivity index (χ1n) is 13.4. The largest absolute Gasteiger partial charge is 0.573 e. The summed E-state index contributed by atoms with van der Waals surface area (Å²) < 4.78 is 41.3. The van der Waals surface area contributed by atoms with Gasteiger partial charge in [-0.15, -0.1) is 13.2 Å². The van der Waals surface area contributed by atoms with E-state index < -0.39 is 11.9 Å². The van der Waals surface area contributed by atoms with E-state index in [0.717, 1.165) is 5.69 Å². The predicted octanol–water partition coefficient (Wildman–Crippen LogP) is 5.85. The average Bonchev–Trinajstić information content (AvgIpc) is 3.28. The Bertz CT molecular complexity index is 1500. The molecule has 0 unspecified atom stereocenters. The monoisotopic (exact) mass is 577 g/mol. The average molecular weight is 578 g/mol. The molecule has 0 bridgehead atoms. The van der Waals surface area contributed by atoms with Crippen molar-refractivity contribution in [2.45, 2.75) is 31.7 Å². The fourth-order valence-electron chi connectivity index (χ4n) is 5.49. The highest BCUT2D eigenvalue weighted by Gasteiger charge is 2.50. The van der Waals surface area contributed by atoms with Crippen LogP contribution in [0.15, 0.2) is 90.6 Å². The van der Waals surface area contributed by atoms with Gasteiger partial charge in [0.1, 0.15) is 11.3 Å². The van der Waals surface area contributed by atoms with Crippen molar-refractivity contribution in [2.75, 3.05) is 30.0 Å². The summed E-state index contributed by atoms with van der Waals surface area (Å²) in [7, 11) is 0. The lowest BCUT2D eigenvalue weighted by Gasteiger charge is -2.43. The summed E-state index contributed by atoms with van der Waals surface area (Å²) in [5.74, 6) is -0.499. The number of nitrogens with zero attached hydrogens (tertiary/aromatic N) is 3. The van der Waals surface area contributed by atoms with E-state index in [2.05, 4.69) is 31.8 Å². The second-order valence-electron chi connectivity index (χ2n) is 10.1. The van der Waals surface area contributed by atoms with Crippen molar-refractivity contribution >= 4 is 34.6 Å². The maximum atomic E-state index is 13.5. The molecule has 42 heavy (non-hydrogen) atoms. The van der Waals surface area contributed by atoms with Crippen molar-refractivity contribution in [1.82, 2.24) is 10.2 Å². The number of para-hydroxylation sites is 1. The van der Waals surface area contributed by atoms with E-state index in [0.29, 0.717) is 60.8 Å². The maximum Gasteiger partial charge on any atom is 0.573 e. The number of benzene rings is 3. The molecular formula is C31H30F3N5O3. The lowest BCUT2D eigenvalue weighted by Crippen LogP contribution is -2.57. The number of carbonyl (C=O) groups is 2. The minimum absolute atomic E-state index is 0.0162. The number of hydrogen-bond donors (Lipinski definition) is 2. The van der Waals surface area contributed by atoms with Crippen LogP contribution in [0, 0.1) is 0 Å². The third-order valence-electron chi connectivity index (χ3n) is 7.56. The Kier molecular flexibility index (Phi) is 7.93. The molecule has 0 atom stereocenters. The van der Waals surface area contributed by atoms with E-state index in [1.165, 1.54) is 30.5 Å². The van der Waals surface area contributed by atoms with Crippen LogP contribution >= 0.6 is 0 Å². The van der Waals surface area contributed by atoms with Gasteiger partial charge in [0.15, 0.2) is 0 Å². The lowest BCUT2D eigenvalue weighted by atomic mass is 9.85. The number of amides is 2. The van der Waals surface area contributed by atoms with Crippen LogP contribution in [0.1, 0.15) is 35.7 Å². The quantitative estimate of drug-likeness (QED) is 0.344. The Hall–Kier alpha value is -4.80. The lowest BCUT2D eigenvalue weighted by molar-refractivity contribution is -0.274. The Morgan fingerprint density at radius 1 is 1.07 bits per heavy atom. The van der Waals surface area contributed by atoms with Crippen LogP contribution in [0.4, 0.5) is 30.2 Å². The number of ether oxygens (including phenoxy) is 1. The fourth-order valence-corrected chi connectivity index (χ4v) is 5.49. The molecule has 2 N–H and O–H groups in total. The van der Waals surface area contributed by atoms with Gasteiger partial charge in [0.2, 0.25) is 5.91 Å². The first kappa shape index (κ1) is 28.7. The van der Waals surface area contributed by atoms with Gasteiger partial charge in [-0.3, -0.25) is 14.6 Å². The van der Waals surface area contributed by atoms with Crippen LogP contribution in [-0.4, -0.2) is 54.1 Å². The standard InChI is InChI=1S/C31H30F3N5O3/c1-3-35-27-19-22(9-14-26(27)21(2)37-23-10-12-25(13-11-23)42-31(32,33)34)28(40)38-17-15-30(16-18-38)29(41)36-20-39(30)24-7-5-4-6-8-24/h3-14,19,35H,1,15-18,20H2,2H3,(H,36,41). The summed E-state index contributed by atoms with van der Waals surface area (Å²) in [6.45, 7) is 6.78. The summed E-state index contributed by atoms with van der Waals surface area (Å²) in [4.78, 5) is 34.9. The molecule has 2 fully saturated rings. The summed E-state index contributed by atoms with van der Waals surface area (Å²) in [5, 5.41) is 6.03. The Morgan fingerprint density at radius 3 is 2.40 bits per heavy atom. The number of anilines is 2. The number of alkyl halides is 3. The molecule has 0 saturated carbocycles. The number of hydrogen-bond acceptors (Lipinski definition) is 6. The molecule has 2 heterocycles. The molecule has 0 radical (unpaired) electrons. The molecule has 3 aromatic rings. The molecule has 1 spiro atoms. The van der Waals surface area contributed by atoms with Crippen molar-refractivity contribution in [1.29, 1.82) is 0 Å². The smallest absolute Gasteiger partial charge is 0.406 e. The van der Waals surface area contributed by atoms with Crippen molar-refractivity contribution in [3.63, 3.8) is 0 Å². The molecule has 5 rings (SSSR count). The molecule has 0 aromatic heterocycles. The molecule has 0 aliphatic carbocycles. The van der Waals surface area contributed by atoms with Gasteiger partial charge in [-0.2, -0.15) is 0 Å². The van der Waals surface area contributed by atoms with Gasteiger partial charge in [0.25, 0.3) is 5.91 Å². The van der Waals surface area contributed by atoms with E-state index in [4.69, 9.17) is 0 Å². The van der Waals surface area contributed by atoms with Gasteiger partial charge in [-0.05, 0) is 74.5 Å². The predicted molar refractivity (Wildman–Crippen MR) is 155 cm³/mol. The minimum atomic E-state index is -4.77. The van der Waals surface area contributed by atoms with Crippen molar-refractivity contribution in [3.8, 4) is 5.75 Å². The first-order chi connectivity index (χ1) is 20.1. The Labute approximate surface area is 241 Å². The SMILES string of the molecule is C=CNc1cc(C(=O)N2CCC3(CC2)C(=O)NCN3c2ccccc2)ccc1C(C)=Nc1ccc(OC(F)(F)F)cc1. The third kappa shape index (κ3) is 5.95. The second-order valence-corrected chi connectivity index (χ2v) is 10.1. The molecule has 8 nitrogen and oxygen atoms in total. The van der Waals surface area contributed by atoms with E-state index in [-0.39, 0.29) is 17.6 Å². The van der Waals surface area contributed by atoms with Crippen molar-refractivity contribution in [2.24, 2.45) is 4.99 Å². The van der Waals surface area contributed by atoms with Gasteiger partial charge in [-0.1, -0.05) is 30.8 Å². The zero-order valence-corrected chi connectivity index (χ0v) is 22.9. The topological polar surface area (TPSA) is 86.3 Å². The molecule has 2 aliphatic heterocycles. The fraction of sp³-hybridized carbons (Fsp3) is 0.258. The van der Waals surface area contributed by atoms with Gasteiger partial charge in [0, 0.05) is 41.3 Å². The third-order valence-corrected chi connectivity index (χ3v) is 7.56.